The van der Waals surface area contributed by atoms with Crippen LogP contribution in [0.25, 0.3) is 64.4 Å². The molecule has 0 saturated heterocycles. The molecule has 0 fully saturated rings. The number of hydrogen-bond donors (Lipinski definition) is 0. The second-order valence-electron chi connectivity index (χ2n) is 15.3. The zero-order chi connectivity index (χ0) is 42.4. The van der Waals surface area contributed by atoms with Crippen molar-refractivity contribution in [3.8, 4) is 22.3 Å². The standard InChI is InChI=1S/C19H14O.C19H14S.3C7H8/c2*1-13-9-11-14(12-10-13)15-6-4-7-17-16-5-2-3-8-18(16)20-19(15)17;3*1-7-5-3-2-4-6-7/h2*2-12H,1H3;3*2-6H,1H3. The zero-order valence-corrected chi connectivity index (χ0v) is 36.5. The van der Waals surface area contributed by atoms with Crippen molar-refractivity contribution in [1.82, 2.24) is 0 Å². The van der Waals surface area contributed by atoms with Crippen molar-refractivity contribution in [3.05, 3.63) is 252 Å². The minimum Gasteiger partial charge on any atom is -0.455 e. The van der Waals surface area contributed by atoms with Crippen molar-refractivity contribution in [3.63, 3.8) is 0 Å². The minimum atomic E-state index is 0.946. The van der Waals surface area contributed by atoms with Crippen molar-refractivity contribution < 1.29 is 4.42 Å². The van der Waals surface area contributed by atoms with Gasteiger partial charge in [-0.3, -0.25) is 0 Å². The summed E-state index contributed by atoms with van der Waals surface area (Å²) in [6.07, 6.45) is 0. The van der Waals surface area contributed by atoms with Crippen molar-refractivity contribution >= 4 is 53.4 Å². The molecular formula is C59H52OS. The van der Waals surface area contributed by atoms with Crippen molar-refractivity contribution in [1.29, 1.82) is 0 Å². The number of aryl methyl sites for hydroxylation is 5. The van der Waals surface area contributed by atoms with Crippen LogP contribution in [-0.2, 0) is 0 Å². The van der Waals surface area contributed by atoms with Crippen LogP contribution in [-0.4, -0.2) is 0 Å². The number of para-hydroxylation sites is 2. The summed E-state index contributed by atoms with van der Waals surface area (Å²) < 4.78 is 8.82. The summed E-state index contributed by atoms with van der Waals surface area (Å²) in [5, 5.41) is 5.08. The number of fused-ring (bicyclic) bond motifs is 6. The van der Waals surface area contributed by atoms with E-state index in [4.69, 9.17) is 4.42 Å². The van der Waals surface area contributed by atoms with Gasteiger partial charge in [-0.05, 0) is 63.4 Å². The van der Waals surface area contributed by atoms with Gasteiger partial charge in [-0.2, -0.15) is 0 Å². The Morgan fingerprint density at radius 1 is 0.295 bits per heavy atom. The molecule has 0 amide bonds. The van der Waals surface area contributed by atoms with E-state index in [1.807, 2.05) is 78.1 Å². The second-order valence-corrected chi connectivity index (χ2v) is 16.3. The lowest BCUT2D eigenvalue weighted by molar-refractivity contribution is 0.670. The summed E-state index contributed by atoms with van der Waals surface area (Å²) in [4.78, 5) is 0. The average molecular weight is 809 g/mol. The van der Waals surface area contributed by atoms with Crippen LogP contribution >= 0.6 is 11.3 Å². The summed E-state index contributed by atoms with van der Waals surface area (Å²) in [6, 6.07) is 78.0. The van der Waals surface area contributed by atoms with Gasteiger partial charge >= 0.3 is 0 Å². The summed E-state index contributed by atoms with van der Waals surface area (Å²) in [6.45, 7) is 10.5. The molecule has 0 spiro atoms. The van der Waals surface area contributed by atoms with E-state index in [9.17, 15) is 0 Å². The third kappa shape index (κ3) is 11.2. The summed E-state index contributed by atoms with van der Waals surface area (Å²) in [7, 11) is 0. The summed E-state index contributed by atoms with van der Waals surface area (Å²) in [5.74, 6) is 0. The maximum atomic E-state index is 6.07. The predicted molar refractivity (Wildman–Crippen MR) is 267 cm³/mol. The van der Waals surface area contributed by atoms with Crippen molar-refractivity contribution in [2.75, 3.05) is 0 Å². The number of furan rings is 1. The van der Waals surface area contributed by atoms with E-state index in [-0.39, 0.29) is 0 Å². The van der Waals surface area contributed by atoms with Gasteiger partial charge in [0.2, 0.25) is 0 Å². The van der Waals surface area contributed by atoms with Gasteiger partial charge < -0.3 is 4.42 Å². The predicted octanol–water partition coefficient (Wildman–Crippen LogP) is 17.6. The van der Waals surface area contributed by atoms with Crippen LogP contribution in [0.15, 0.2) is 229 Å². The monoisotopic (exact) mass is 808 g/mol. The third-order valence-electron chi connectivity index (χ3n) is 10.4. The van der Waals surface area contributed by atoms with Crippen LogP contribution < -0.4 is 0 Å². The molecule has 2 heterocycles. The molecule has 61 heavy (non-hydrogen) atoms. The number of benzene rings is 9. The van der Waals surface area contributed by atoms with Crippen LogP contribution in [0.2, 0.25) is 0 Å². The first kappa shape index (κ1) is 42.1. The molecule has 1 nitrogen and oxygen atoms in total. The Bertz CT molecular complexity index is 2790. The average Bonchev–Trinajstić information content (AvgIpc) is 3.88. The first-order valence-electron chi connectivity index (χ1n) is 20.8. The fourth-order valence-corrected chi connectivity index (χ4v) is 8.26. The Morgan fingerprint density at radius 2 is 0.689 bits per heavy atom. The fourth-order valence-electron chi connectivity index (χ4n) is 7.02. The van der Waals surface area contributed by atoms with E-state index in [1.54, 1.807) is 0 Å². The molecule has 2 aromatic heterocycles. The van der Waals surface area contributed by atoms with Crippen LogP contribution in [0.3, 0.4) is 0 Å². The number of rotatable bonds is 2. The molecule has 11 rings (SSSR count). The highest BCUT2D eigenvalue weighted by Gasteiger charge is 2.12. The molecule has 0 aliphatic heterocycles. The first-order chi connectivity index (χ1) is 29.8. The Balaban J connectivity index is 0.000000127. The van der Waals surface area contributed by atoms with E-state index in [0.717, 1.165) is 16.7 Å². The summed E-state index contributed by atoms with van der Waals surface area (Å²) >= 11 is 1.89. The molecule has 0 saturated carbocycles. The molecule has 11 aromatic rings. The number of hydrogen-bond acceptors (Lipinski definition) is 2. The number of thiophene rings is 1. The molecule has 0 radical (unpaired) electrons. The van der Waals surface area contributed by atoms with E-state index < -0.39 is 0 Å². The molecule has 0 atom stereocenters. The molecular weight excluding hydrogens is 757 g/mol. The van der Waals surface area contributed by atoms with E-state index in [2.05, 4.69) is 192 Å². The molecule has 0 aliphatic carbocycles. The molecule has 2 heteroatoms. The van der Waals surface area contributed by atoms with Gasteiger partial charge in [0.1, 0.15) is 11.2 Å². The van der Waals surface area contributed by atoms with Gasteiger partial charge in [-0.25, -0.2) is 0 Å². The summed E-state index contributed by atoms with van der Waals surface area (Å²) in [5.41, 5.74) is 13.4. The Labute approximate surface area is 365 Å². The minimum absolute atomic E-state index is 0.946. The van der Waals surface area contributed by atoms with Gasteiger partial charge in [-0.1, -0.05) is 240 Å². The zero-order valence-electron chi connectivity index (χ0n) is 35.7. The van der Waals surface area contributed by atoms with E-state index in [0.29, 0.717) is 0 Å². The quantitative estimate of drug-likeness (QED) is 0.170. The van der Waals surface area contributed by atoms with Gasteiger partial charge in [0.15, 0.2) is 0 Å². The van der Waals surface area contributed by atoms with Crippen LogP contribution in [0.5, 0.6) is 0 Å². The SMILES string of the molecule is Cc1ccc(-c2cccc3c2oc2ccccc23)cc1.Cc1ccc(-c2cccc3c2sc2ccccc23)cc1.Cc1ccccc1.Cc1ccccc1.Cc1ccccc1. The van der Waals surface area contributed by atoms with Gasteiger partial charge in [-0.15, -0.1) is 11.3 Å². The van der Waals surface area contributed by atoms with Gasteiger partial charge in [0.25, 0.3) is 0 Å². The van der Waals surface area contributed by atoms with Gasteiger partial charge in [0.05, 0.1) is 0 Å². The second kappa shape index (κ2) is 20.8. The lowest BCUT2D eigenvalue weighted by Crippen LogP contribution is -1.79. The van der Waals surface area contributed by atoms with E-state index in [1.165, 1.54) is 75.5 Å². The van der Waals surface area contributed by atoms with Crippen molar-refractivity contribution in [2.45, 2.75) is 34.6 Å². The molecule has 0 N–H and O–H groups in total. The maximum absolute atomic E-state index is 6.07. The Hall–Kier alpha value is -7.00. The van der Waals surface area contributed by atoms with Gasteiger partial charge in [0, 0.05) is 36.5 Å². The third-order valence-corrected chi connectivity index (χ3v) is 11.6. The topological polar surface area (TPSA) is 13.1 Å². The Morgan fingerprint density at radius 3 is 1.20 bits per heavy atom. The molecule has 9 aromatic carbocycles. The van der Waals surface area contributed by atoms with Crippen LogP contribution in [0.4, 0.5) is 0 Å². The highest BCUT2D eigenvalue weighted by molar-refractivity contribution is 7.26. The Kier molecular flexibility index (Phi) is 14.4. The molecule has 300 valence electrons. The highest BCUT2D eigenvalue weighted by Crippen LogP contribution is 2.40. The van der Waals surface area contributed by atoms with Crippen LogP contribution in [0.1, 0.15) is 27.8 Å². The van der Waals surface area contributed by atoms with Crippen LogP contribution in [0, 0.1) is 34.6 Å². The van der Waals surface area contributed by atoms with Crippen molar-refractivity contribution in [2.24, 2.45) is 0 Å². The largest absolute Gasteiger partial charge is 0.455 e. The smallest absolute Gasteiger partial charge is 0.143 e. The molecule has 0 unspecified atom stereocenters. The molecule has 0 bridgehead atoms. The fraction of sp³-hybridized carbons (Fsp3) is 0.0847. The first-order valence-corrected chi connectivity index (χ1v) is 21.7. The molecule has 0 aliphatic rings. The lowest BCUT2D eigenvalue weighted by Gasteiger charge is -2.04. The van der Waals surface area contributed by atoms with E-state index >= 15 is 0 Å². The highest BCUT2D eigenvalue weighted by atomic mass is 32.1. The lowest BCUT2D eigenvalue weighted by atomic mass is 10.0. The normalized spacial score (nSPS) is 10.4. The maximum Gasteiger partial charge on any atom is 0.143 e.